The molecule has 1 aromatic heterocycles. The lowest BCUT2D eigenvalue weighted by molar-refractivity contribution is 0.704. The van der Waals surface area contributed by atoms with E-state index in [-0.39, 0.29) is 0 Å². The quantitative estimate of drug-likeness (QED) is 0.787. The number of benzene rings is 2. The van der Waals surface area contributed by atoms with E-state index < -0.39 is 0 Å². The van der Waals surface area contributed by atoms with E-state index in [0.717, 1.165) is 29.9 Å². The van der Waals surface area contributed by atoms with Gasteiger partial charge in [-0.1, -0.05) is 37.3 Å². The molecular weight excluding hydrogens is 258 g/mol. The second kappa shape index (κ2) is 5.70. The summed E-state index contributed by atoms with van der Waals surface area (Å²) in [6.45, 7) is 5.86. The van der Waals surface area contributed by atoms with E-state index in [1.165, 1.54) is 16.6 Å². The van der Waals surface area contributed by atoms with Crippen molar-refractivity contribution in [2.45, 2.75) is 33.4 Å². The molecule has 3 aromatic rings. The predicted molar refractivity (Wildman–Crippen MR) is 88.1 cm³/mol. The number of nitrogens with zero attached hydrogens (tertiary/aromatic N) is 2. The standard InChI is InChI=1S/C18H21N3/c1-3-10-21-17-9-8-14(12-19)11-16(17)20-18(21)15-7-5-4-6-13(15)2/h4-9,11H,3,10,12,19H2,1-2H3. The minimum atomic E-state index is 0.552. The highest BCUT2D eigenvalue weighted by molar-refractivity contribution is 5.82. The van der Waals surface area contributed by atoms with Crippen molar-refractivity contribution in [3.63, 3.8) is 0 Å². The molecule has 0 aliphatic heterocycles. The van der Waals surface area contributed by atoms with Crippen molar-refractivity contribution in [2.75, 3.05) is 0 Å². The van der Waals surface area contributed by atoms with Crippen LogP contribution >= 0.6 is 0 Å². The van der Waals surface area contributed by atoms with Gasteiger partial charge < -0.3 is 10.3 Å². The van der Waals surface area contributed by atoms with Gasteiger partial charge in [-0.15, -0.1) is 0 Å². The second-order valence-corrected chi connectivity index (χ2v) is 5.43. The fourth-order valence-corrected chi connectivity index (χ4v) is 2.78. The first kappa shape index (κ1) is 13.8. The molecule has 0 saturated heterocycles. The average Bonchev–Trinajstić information content (AvgIpc) is 2.86. The average molecular weight is 279 g/mol. The summed E-state index contributed by atoms with van der Waals surface area (Å²) >= 11 is 0. The van der Waals surface area contributed by atoms with Crippen LogP contribution in [0.2, 0.25) is 0 Å². The maximum Gasteiger partial charge on any atom is 0.141 e. The highest BCUT2D eigenvalue weighted by Crippen LogP contribution is 2.28. The fraction of sp³-hybridized carbons (Fsp3) is 0.278. The van der Waals surface area contributed by atoms with Crippen molar-refractivity contribution in [2.24, 2.45) is 5.73 Å². The van der Waals surface area contributed by atoms with E-state index in [1.807, 2.05) is 0 Å². The largest absolute Gasteiger partial charge is 0.326 e. The van der Waals surface area contributed by atoms with Gasteiger partial charge in [-0.25, -0.2) is 4.98 Å². The number of nitrogens with two attached hydrogens (primary N) is 1. The topological polar surface area (TPSA) is 43.8 Å². The zero-order valence-corrected chi connectivity index (χ0v) is 12.6. The summed E-state index contributed by atoms with van der Waals surface area (Å²) in [5, 5.41) is 0. The summed E-state index contributed by atoms with van der Waals surface area (Å²) in [4.78, 5) is 4.88. The summed E-state index contributed by atoms with van der Waals surface area (Å²) in [6, 6.07) is 14.8. The molecule has 3 heteroatoms. The van der Waals surface area contributed by atoms with Crippen molar-refractivity contribution in [1.82, 2.24) is 9.55 Å². The zero-order valence-electron chi connectivity index (χ0n) is 12.6. The molecule has 3 rings (SSSR count). The Bertz CT molecular complexity index is 771. The Labute approximate surface area is 125 Å². The molecule has 108 valence electrons. The number of hydrogen-bond acceptors (Lipinski definition) is 2. The monoisotopic (exact) mass is 279 g/mol. The van der Waals surface area contributed by atoms with Crippen LogP contribution in [0.1, 0.15) is 24.5 Å². The Balaban J connectivity index is 2.26. The smallest absolute Gasteiger partial charge is 0.141 e. The van der Waals surface area contributed by atoms with E-state index in [4.69, 9.17) is 10.7 Å². The number of imidazole rings is 1. The van der Waals surface area contributed by atoms with Gasteiger partial charge in [0.1, 0.15) is 5.82 Å². The Morgan fingerprint density at radius 2 is 1.95 bits per heavy atom. The van der Waals surface area contributed by atoms with Crippen molar-refractivity contribution in [3.05, 3.63) is 53.6 Å². The maximum atomic E-state index is 5.75. The lowest BCUT2D eigenvalue weighted by Gasteiger charge is -2.09. The van der Waals surface area contributed by atoms with Crippen LogP contribution in [-0.4, -0.2) is 9.55 Å². The zero-order chi connectivity index (χ0) is 14.8. The molecule has 21 heavy (non-hydrogen) atoms. The minimum Gasteiger partial charge on any atom is -0.326 e. The molecular formula is C18H21N3. The maximum absolute atomic E-state index is 5.75. The van der Waals surface area contributed by atoms with Crippen LogP contribution in [0.25, 0.3) is 22.4 Å². The number of fused-ring (bicyclic) bond motifs is 1. The molecule has 0 bridgehead atoms. The van der Waals surface area contributed by atoms with Gasteiger partial charge in [0.2, 0.25) is 0 Å². The van der Waals surface area contributed by atoms with Crippen LogP contribution in [-0.2, 0) is 13.1 Å². The van der Waals surface area contributed by atoms with Crippen LogP contribution in [0.5, 0.6) is 0 Å². The molecule has 0 aliphatic carbocycles. The number of aromatic nitrogens is 2. The van der Waals surface area contributed by atoms with E-state index >= 15 is 0 Å². The lowest BCUT2D eigenvalue weighted by atomic mass is 10.1. The van der Waals surface area contributed by atoms with Gasteiger partial charge in [-0.05, 0) is 36.6 Å². The first-order valence-electron chi connectivity index (χ1n) is 7.49. The van der Waals surface area contributed by atoms with E-state index in [1.54, 1.807) is 0 Å². The second-order valence-electron chi connectivity index (χ2n) is 5.43. The third kappa shape index (κ3) is 2.45. The summed E-state index contributed by atoms with van der Waals surface area (Å²) in [6.07, 6.45) is 1.09. The van der Waals surface area contributed by atoms with Crippen molar-refractivity contribution >= 4 is 11.0 Å². The third-order valence-corrected chi connectivity index (χ3v) is 3.88. The highest BCUT2D eigenvalue weighted by Gasteiger charge is 2.13. The van der Waals surface area contributed by atoms with Gasteiger partial charge >= 0.3 is 0 Å². The molecule has 0 radical (unpaired) electrons. The summed E-state index contributed by atoms with van der Waals surface area (Å²) < 4.78 is 2.32. The van der Waals surface area contributed by atoms with Crippen molar-refractivity contribution < 1.29 is 0 Å². The molecule has 0 spiro atoms. The summed E-state index contributed by atoms with van der Waals surface area (Å²) in [5.41, 5.74) is 11.5. The fourth-order valence-electron chi connectivity index (χ4n) is 2.78. The van der Waals surface area contributed by atoms with Crippen molar-refractivity contribution in [3.8, 4) is 11.4 Å². The first-order valence-corrected chi connectivity index (χ1v) is 7.49. The molecule has 0 atom stereocenters. The molecule has 0 amide bonds. The summed E-state index contributed by atoms with van der Waals surface area (Å²) in [7, 11) is 0. The molecule has 3 nitrogen and oxygen atoms in total. The van der Waals surface area contributed by atoms with Gasteiger partial charge in [-0.2, -0.15) is 0 Å². The summed E-state index contributed by atoms with van der Waals surface area (Å²) in [5.74, 6) is 1.05. The van der Waals surface area contributed by atoms with Gasteiger partial charge in [0.25, 0.3) is 0 Å². The van der Waals surface area contributed by atoms with E-state index in [9.17, 15) is 0 Å². The number of aryl methyl sites for hydroxylation is 2. The van der Waals surface area contributed by atoms with Crippen LogP contribution in [0.15, 0.2) is 42.5 Å². The predicted octanol–water partition coefficient (Wildman–Crippen LogP) is 3.88. The lowest BCUT2D eigenvalue weighted by Crippen LogP contribution is -2.01. The van der Waals surface area contributed by atoms with E-state index in [2.05, 4.69) is 60.9 Å². The molecule has 2 aromatic carbocycles. The molecule has 0 aliphatic rings. The first-order chi connectivity index (χ1) is 10.2. The Hall–Kier alpha value is -2.13. The number of hydrogen-bond donors (Lipinski definition) is 1. The SMILES string of the molecule is CCCn1c(-c2ccccc2C)nc2cc(CN)ccc21. The van der Waals surface area contributed by atoms with Crippen LogP contribution in [0, 0.1) is 6.92 Å². The van der Waals surface area contributed by atoms with Gasteiger partial charge in [0, 0.05) is 18.7 Å². The van der Waals surface area contributed by atoms with Crippen molar-refractivity contribution in [1.29, 1.82) is 0 Å². The molecule has 0 saturated carbocycles. The van der Waals surface area contributed by atoms with E-state index in [0.29, 0.717) is 6.54 Å². The number of rotatable bonds is 4. The van der Waals surface area contributed by atoms with Crippen LogP contribution < -0.4 is 5.73 Å². The van der Waals surface area contributed by atoms with Gasteiger partial charge in [-0.3, -0.25) is 0 Å². The molecule has 0 fully saturated rings. The minimum absolute atomic E-state index is 0.552. The Kier molecular flexibility index (Phi) is 3.76. The highest BCUT2D eigenvalue weighted by atomic mass is 15.1. The third-order valence-electron chi connectivity index (χ3n) is 3.88. The van der Waals surface area contributed by atoms with Crippen LogP contribution in [0.4, 0.5) is 0 Å². The normalized spacial score (nSPS) is 11.2. The molecule has 0 unspecified atom stereocenters. The Morgan fingerprint density at radius 1 is 1.14 bits per heavy atom. The van der Waals surface area contributed by atoms with Crippen LogP contribution in [0.3, 0.4) is 0 Å². The Morgan fingerprint density at radius 3 is 2.67 bits per heavy atom. The molecule has 1 heterocycles. The molecule has 2 N–H and O–H groups in total. The van der Waals surface area contributed by atoms with Gasteiger partial charge in [0.05, 0.1) is 11.0 Å². The van der Waals surface area contributed by atoms with Gasteiger partial charge in [0.15, 0.2) is 0 Å².